The fourth-order valence-corrected chi connectivity index (χ4v) is 3.21. The first-order valence-corrected chi connectivity index (χ1v) is 9.08. The Kier molecular flexibility index (Phi) is 5.13. The predicted molar refractivity (Wildman–Crippen MR) is 109 cm³/mol. The average molecular weight is 402 g/mol. The standard InChI is InChI=1S/C22H18N4O4/c1-29-21(27)18-19(15-8-6-7-14(11-15)16-12-23-24-13-16)25-26(20(18)22(28)30-2)17-9-4-3-5-10-17/h3-13H,1-2H3,(H,23,24). The second kappa shape index (κ2) is 8.04. The third kappa shape index (κ3) is 3.35. The van der Waals surface area contributed by atoms with Crippen LogP contribution in [-0.4, -0.2) is 46.1 Å². The van der Waals surface area contributed by atoms with E-state index < -0.39 is 11.9 Å². The Balaban J connectivity index is 1.98. The highest BCUT2D eigenvalue weighted by Gasteiger charge is 2.31. The van der Waals surface area contributed by atoms with Gasteiger partial charge in [0.2, 0.25) is 0 Å². The lowest BCUT2D eigenvalue weighted by atomic mass is 10.0. The Morgan fingerprint density at radius 2 is 1.63 bits per heavy atom. The van der Waals surface area contributed by atoms with Crippen molar-refractivity contribution in [2.75, 3.05) is 14.2 Å². The highest BCUT2D eigenvalue weighted by atomic mass is 16.5. The van der Waals surface area contributed by atoms with Crippen molar-refractivity contribution in [1.29, 1.82) is 0 Å². The number of ether oxygens (including phenoxy) is 2. The van der Waals surface area contributed by atoms with Crippen LogP contribution in [0.1, 0.15) is 20.8 Å². The number of carbonyl (C=O) groups is 2. The molecule has 0 atom stereocenters. The summed E-state index contributed by atoms with van der Waals surface area (Å²) in [5, 5.41) is 11.4. The Labute approximate surface area is 172 Å². The van der Waals surface area contributed by atoms with Crippen LogP contribution >= 0.6 is 0 Å². The summed E-state index contributed by atoms with van der Waals surface area (Å²) in [4.78, 5) is 25.4. The van der Waals surface area contributed by atoms with Crippen molar-refractivity contribution in [3.63, 3.8) is 0 Å². The third-order valence-corrected chi connectivity index (χ3v) is 4.62. The zero-order valence-electron chi connectivity index (χ0n) is 16.3. The molecule has 1 N–H and O–H groups in total. The van der Waals surface area contributed by atoms with E-state index in [9.17, 15) is 9.59 Å². The molecule has 30 heavy (non-hydrogen) atoms. The van der Waals surface area contributed by atoms with E-state index in [2.05, 4.69) is 15.3 Å². The monoisotopic (exact) mass is 402 g/mol. The second-order valence-corrected chi connectivity index (χ2v) is 6.37. The number of benzene rings is 2. The molecule has 0 aliphatic carbocycles. The highest BCUT2D eigenvalue weighted by molar-refractivity contribution is 6.07. The molecule has 0 amide bonds. The van der Waals surface area contributed by atoms with Crippen LogP contribution in [0.3, 0.4) is 0 Å². The molecule has 0 saturated carbocycles. The van der Waals surface area contributed by atoms with Crippen LogP contribution in [0.5, 0.6) is 0 Å². The van der Waals surface area contributed by atoms with Crippen LogP contribution in [0.2, 0.25) is 0 Å². The number of esters is 2. The molecule has 8 nitrogen and oxygen atoms in total. The van der Waals surface area contributed by atoms with Crippen molar-refractivity contribution in [3.8, 4) is 28.1 Å². The minimum absolute atomic E-state index is 0.000681. The van der Waals surface area contributed by atoms with Crippen LogP contribution < -0.4 is 0 Å². The van der Waals surface area contributed by atoms with Gasteiger partial charge in [0.05, 0.1) is 26.1 Å². The van der Waals surface area contributed by atoms with Crippen LogP contribution in [0.4, 0.5) is 0 Å². The van der Waals surface area contributed by atoms with Crippen molar-refractivity contribution >= 4 is 11.9 Å². The molecule has 0 aliphatic rings. The van der Waals surface area contributed by atoms with Crippen molar-refractivity contribution in [1.82, 2.24) is 20.0 Å². The Morgan fingerprint density at radius 3 is 2.30 bits per heavy atom. The molecular formula is C22H18N4O4. The van der Waals surface area contributed by atoms with Crippen LogP contribution in [0, 0.1) is 0 Å². The zero-order chi connectivity index (χ0) is 21.1. The molecular weight excluding hydrogens is 384 g/mol. The van der Waals surface area contributed by atoms with Gasteiger partial charge in [-0.05, 0) is 23.8 Å². The lowest BCUT2D eigenvalue weighted by molar-refractivity contribution is 0.0549. The Morgan fingerprint density at radius 1 is 0.900 bits per heavy atom. The van der Waals surface area contributed by atoms with Crippen molar-refractivity contribution in [3.05, 3.63) is 78.2 Å². The molecule has 0 aliphatic heterocycles. The van der Waals surface area contributed by atoms with E-state index in [1.54, 1.807) is 24.5 Å². The molecule has 2 aromatic carbocycles. The summed E-state index contributed by atoms with van der Waals surface area (Å²) in [6.07, 6.45) is 3.46. The number of rotatable bonds is 5. The molecule has 8 heteroatoms. The first-order valence-electron chi connectivity index (χ1n) is 9.08. The second-order valence-electron chi connectivity index (χ2n) is 6.37. The largest absolute Gasteiger partial charge is 0.465 e. The molecule has 2 heterocycles. The maximum absolute atomic E-state index is 12.7. The molecule has 0 saturated heterocycles. The molecule has 0 fully saturated rings. The number of hydrogen-bond acceptors (Lipinski definition) is 6. The van der Waals surface area contributed by atoms with E-state index in [0.29, 0.717) is 16.9 Å². The summed E-state index contributed by atoms with van der Waals surface area (Å²) in [7, 11) is 2.51. The first kappa shape index (κ1) is 19.1. The maximum atomic E-state index is 12.7. The minimum Gasteiger partial charge on any atom is -0.465 e. The number of H-pyrrole nitrogens is 1. The van der Waals surface area contributed by atoms with E-state index in [-0.39, 0.29) is 11.3 Å². The summed E-state index contributed by atoms with van der Waals surface area (Å²) < 4.78 is 11.3. The molecule has 0 spiro atoms. The van der Waals surface area contributed by atoms with Gasteiger partial charge in [-0.15, -0.1) is 0 Å². The molecule has 2 aromatic heterocycles. The van der Waals surface area contributed by atoms with Crippen molar-refractivity contribution < 1.29 is 19.1 Å². The number of methoxy groups -OCH3 is 2. The zero-order valence-corrected chi connectivity index (χ0v) is 16.3. The number of aromatic nitrogens is 4. The average Bonchev–Trinajstić information content (AvgIpc) is 3.47. The first-order chi connectivity index (χ1) is 14.6. The minimum atomic E-state index is -0.691. The van der Waals surface area contributed by atoms with Gasteiger partial charge in [0.15, 0.2) is 5.69 Å². The number of hydrogen-bond donors (Lipinski definition) is 1. The summed E-state index contributed by atoms with van der Waals surface area (Å²) in [5.41, 5.74) is 3.38. The van der Waals surface area contributed by atoms with Gasteiger partial charge in [-0.1, -0.05) is 36.4 Å². The van der Waals surface area contributed by atoms with Gasteiger partial charge in [0, 0.05) is 17.3 Å². The molecule has 0 bridgehead atoms. The molecule has 4 aromatic rings. The number of carbonyl (C=O) groups excluding carboxylic acids is 2. The van der Waals surface area contributed by atoms with Crippen LogP contribution in [0.25, 0.3) is 28.1 Å². The Bertz CT molecular complexity index is 1200. The van der Waals surface area contributed by atoms with Crippen LogP contribution in [-0.2, 0) is 9.47 Å². The fraction of sp³-hybridized carbons (Fsp3) is 0.0909. The van der Waals surface area contributed by atoms with Gasteiger partial charge in [0.1, 0.15) is 11.3 Å². The maximum Gasteiger partial charge on any atom is 0.357 e. The van der Waals surface area contributed by atoms with Crippen LogP contribution in [0.15, 0.2) is 67.0 Å². The predicted octanol–water partition coefficient (Wildman–Crippen LogP) is 3.50. The lowest BCUT2D eigenvalue weighted by Gasteiger charge is -2.07. The summed E-state index contributed by atoms with van der Waals surface area (Å²) in [5.74, 6) is -1.37. The van der Waals surface area contributed by atoms with E-state index in [4.69, 9.17) is 9.47 Å². The molecule has 150 valence electrons. The van der Waals surface area contributed by atoms with Gasteiger partial charge in [0.25, 0.3) is 0 Å². The molecule has 4 rings (SSSR count). The molecule has 0 radical (unpaired) electrons. The normalized spacial score (nSPS) is 10.6. The van der Waals surface area contributed by atoms with E-state index in [0.717, 1.165) is 11.1 Å². The topological polar surface area (TPSA) is 99.1 Å². The number of aromatic amines is 1. The summed E-state index contributed by atoms with van der Waals surface area (Å²) >= 11 is 0. The van der Waals surface area contributed by atoms with Gasteiger partial charge in [-0.25, -0.2) is 14.3 Å². The fourth-order valence-electron chi connectivity index (χ4n) is 3.21. The molecule has 0 unspecified atom stereocenters. The number of para-hydroxylation sites is 1. The van der Waals surface area contributed by atoms with E-state index in [1.165, 1.54) is 18.9 Å². The number of nitrogens with zero attached hydrogens (tertiary/aromatic N) is 3. The lowest BCUT2D eigenvalue weighted by Crippen LogP contribution is -2.15. The quantitative estimate of drug-likeness (QED) is 0.513. The van der Waals surface area contributed by atoms with Gasteiger partial charge in [-0.2, -0.15) is 10.2 Å². The third-order valence-electron chi connectivity index (χ3n) is 4.62. The van der Waals surface area contributed by atoms with Gasteiger partial charge >= 0.3 is 11.9 Å². The summed E-state index contributed by atoms with van der Waals surface area (Å²) in [6.45, 7) is 0. The van der Waals surface area contributed by atoms with Crippen molar-refractivity contribution in [2.45, 2.75) is 0 Å². The number of nitrogens with one attached hydrogen (secondary N) is 1. The smallest absolute Gasteiger partial charge is 0.357 e. The van der Waals surface area contributed by atoms with Gasteiger partial charge in [-0.3, -0.25) is 5.10 Å². The highest BCUT2D eigenvalue weighted by Crippen LogP contribution is 2.31. The SMILES string of the molecule is COC(=O)c1c(-c2cccc(-c3cn[nH]c3)c2)nn(-c2ccccc2)c1C(=O)OC. The van der Waals surface area contributed by atoms with Gasteiger partial charge < -0.3 is 9.47 Å². The van der Waals surface area contributed by atoms with Crippen molar-refractivity contribution in [2.24, 2.45) is 0 Å². The van der Waals surface area contributed by atoms with E-state index >= 15 is 0 Å². The Hall–Kier alpha value is -4.20. The summed E-state index contributed by atoms with van der Waals surface area (Å²) in [6, 6.07) is 16.5. The van der Waals surface area contributed by atoms with E-state index in [1.807, 2.05) is 42.5 Å².